The van der Waals surface area contributed by atoms with Gasteiger partial charge in [-0.2, -0.15) is 0 Å². The van der Waals surface area contributed by atoms with E-state index in [4.69, 9.17) is 9.47 Å². The van der Waals surface area contributed by atoms with Crippen LogP contribution in [0.25, 0.3) is 0 Å². The second-order valence-corrected chi connectivity index (χ2v) is 6.52. The lowest BCUT2D eigenvalue weighted by molar-refractivity contribution is 0.183. The van der Waals surface area contributed by atoms with Crippen molar-refractivity contribution in [2.45, 2.75) is 32.5 Å². The lowest BCUT2D eigenvalue weighted by atomic mass is 10.1. The number of nitrogens with one attached hydrogen (secondary N) is 2. The number of aliphatic hydroxyl groups is 1. The molecule has 0 bridgehead atoms. The quantitative estimate of drug-likeness (QED) is 0.259. The van der Waals surface area contributed by atoms with Gasteiger partial charge in [0.1, 0.15) is 6.10 Å². The van der Waals surface area contributed by atoms with Crippen molar-refractivity contribution >= 4 is 29.9 Å². The van der Waals surface area contributed by atoms with Crippen molar-refractivity contribution in [3.05, 3.63) is 60.2 Å². The average molecular weight is 513 g/mol. The maximum Gasteiger partial charge on any atom is 0.191 e. The summed E-state index contributed by atoms with van der Waals surface area (Å²) in [5, 5.41) is 16.7. The molecule has 2 aromatic rings. The van der Waals surface area contributed by atoms with E-state index >= 15 is 0 Å². The van der Waals surface area contributed by atoms with Gasteiger partial charge in [0.2, 0.25) is 0 Å². The first-order chi connectivity index (χ1) is 13.6. The molecule has 0 aromatic heterocycles. The van der Waals surface area contributed by atoms with Crippen LogP contribution in [0.2, 0.25) is 0 Å². The Morgan fingerprint density at radius 2 is 1.69 bits per heavy atom. The number of para-hydroxylation sites is 2. The molecular weight excluding hydrogens is 481 g/mol. The number of ether oxygens (including phenoxy) is 2. The van der Waals surface area contributed by atoms with Crippen molar-refractivity contribution < 1.29 is 14.6 Å². The van der Waals surface area contributed by atoms with Gasteiger partial charge >= 0.3 is 0 Å². The minimum Gasteiger partial charge on any atom is -0.493 e. The van der Waals surface area contributed by atoms with Gasteiger partial charge in [0, 0.05) is 13.0 Å². The summed E-state index contributed by atoms with van der Waals surface area (Å²) in [4.78, 5) is 4.49. The normalized spacial score (nSPS) is 13.0. The first-order valence-corrected chi connectivity index (χ1v) is 9.66. The minimum absolute atomic E-state index is 0. The number of benzene rings is 2. The molecular formula is C22H32IN3O3. The van der Waals surface area contributed by atoms with Gasteiger partial charge in [0.15, 0.2) is 17.5 Å². The topological polar surface area (TPSA) is 75.1 Å². The molecule has 2 atom stereocenters. The van der Waals surface area contributed by atoms with E-state index in [1.54, 1.807) is 7.11 Å². The highest BCUT2D eigenvalue weighted by Gasteiger charge is 2.10. The predicted molar refractivity (Wildman–Crippen MR) is 129 cm³/mol. The molecule has 7 heteroatoms. The third kappa shape index (κ3) is 9.36. The van der Waals surface area contributed by atoms with Crippen molar-refractivity contribution in [1.82, 2.24) is 10.6 Å². The number of methoxy groups -OCH3 is 1. The van der Waals surface area contributed by atoms with Gasteiger partial charge in [0.25, 0.3) is 0 Å². The zero-order valence-corrected chi connectivity index (χ0v) is 19.6. The maximum absolute atomic E-state index is 10.2. The summed E-state index contributed by atoms with van der Waals surface area (Å²) in [5.74, 6) is 2.07. The third-order valence-electron chi connectivity index (χ3n) is 4.07. The summed E-state index contributed by atoms with van der Waals surface area (Å²) in [5.41, 5.74) is 1.10. The van der Waals surface area contributed by atoms with E-state index in [-0.39, 0.29) is 30.1 Å². The van der Waals surface area contributed by atoms with Gasteiger partial charge in [-0.25, -0.2) is 0 Å². The Balaban J connectivity index is 0.00000420. The molecule has 0 amide bonds. The molecule has 0 saturated carbocycles. The molecule has 29 heavy (non-hydrogen) atoms. The highest BCUT2D eigenvalue weighted by molar-refractivity contribution is 14.0. The summed E-state index contributed by atoms with van der Waals surface area (Å²) < 4.78 is 11.3. The van der Waals surface area contributed by atoms with Gasteiger partial charge < -0.3 is 25.2 Å². The molecule has 0 spiro atoms. The van der Waals surface area contributed by atoms with Crippen molar-refractivity contribution in [2.75, 3.05) is 26.7 Å². The van der Waals surface area contributed by atoms with Gasteiger partial charge in [-0.15, -0.1) is 24.0 Å². The van der Waals surface area contributed by atoms with Crippen LogP contribution in [-0.2, 0) is 6.42 Å². The van der Waals surface area contributed by atoms with Crippen LogP contribution >= 0.6 is 24.0 Å². The largest absolute Gasteiger partial charge is 0.493 e. The highest BCUT2D eigenvalue weighted by atomic mass is 127. The average Bonchev–Trinajstić information content (AvgIpc) is 2.71. The SMILES string of the molecule is CCNC(=NCC(O)Cc1ccccc1)NCC(C)Oc1ccccc1OC.I. The second-order valence-electron chi connectivity index (χ2n) is 6.52. The number of rotatable bonds is 10. The molecule has 0 radical (unpaired) electrons. The standard InChI is InChI=1S/C22H31N3O3.HI/c1-4-23-22(25-16-19(26)14-18-10-6-5-7-11-18)24-15-17(2)28-21-13-9-8-12-20(21)27-3;/h5-13,17,19,26H,4,14-16H2,1-3H3,(H2,23,24,25);1H. The Kier molecular flexibility index (Phi) is 12.1. The third-order valence-corrected chi connectivity index (χ3v) is 4.07. The van der Waals surface area contributed by atoms with E-state index < -0.39 is 6.10 Å². The van der Waals surface area contributed by atoms with Crippen LogP contribution in [0, 0.1) is 0 Å². The molecule has 0 aliphatic carbocycles. The van der Waals surface area contributed by atoms with Crippen molar-refractivity contribution in [2.24, 2.45) is 4.99 Å². The summed E-state index contributed by atoms with van der Waals surface area (Å²) in [6, 6.07) is 17.5. The van der Waals surface area contributed by atoms with Gasteiger partial charge in [-0.3, -0.25) is 4.99 Å². The van der Waals surface area contributed by atoms with Gasteiger partial charge in [0.05, 0.1) is 26.3 Å². The monoisotopic (exact) mass is 513 g/mol. The van der Waals surface area contributed by atoms with Crippen LogP contribution in [0.4, 0.5) is 0 Å². The van der Waals surface area contributed by atoms with Crippen LogP contribution in [0.15, 0.2) is 59.6 Å². The first-order valence-electron chi connectivity index (χ1n) is 9.66. The van der Waals surface area contributed by atoms with Crippen LogP contribution < -0.4 is 20.1 Å². The van der Waals surface area contributed by atoms with Crippen LogP contribution in [-0.4, -0.2) is 50.0 Å². The van der Waals surface area contributed by atoms with E-state index in [0.29, 0.717) is 37.0 Å². The van der Waals surface area contributed by atoms with E-state index in [1.165, 1.54) is 0 Å². The molecule has 2 aromatic carbocycles. The summed E-state index contributed by atoms with van der Waals surface area (Å²) in [6.45, 7) is 5.62. The Morgan fingerprint density at radius 1 is 1.03 bits per heavy atom. The molecule has 3 N–H and O–H groups in total. The predicted octanol–water partition coefficient (Wildman–Crippen LogP) is 3.24. The molecule has 0 heterocycles. The molecule has 2 rings (SSSR count). The van der Waals surface area contributed by atoms with Gasteiger partial charge in [-0.05, 0) is 31.5 Å². The fourth-order valence-electron chi connectivity index (χ4n) is 2.70. The number of hydrogen-bond donors (Lipinski definition) is 3. The molecule has 0 fully saturated rings. The molecule has 0 saturated heterocycles. The number of aliphatic hydroxyl groups excluding tert-OH is 1. The fraction of sp³-hybridized carbons (Fsp3) is 0.409. The van der Waals surface area contributed by atoms with Crippen LogP contribution in [0.1, 0.15) is 19.4 Å². The lowest BCUT2D eigenvalue weighted by Crippen LogP contribution is -2.42. The van der Waals surface area contributed by atoms with Crippen molar-refractivity contribution in [3.8, 4) is 11.5 Å². The van der Waals surface area contributed by atoms with E-state index in [0.717, 1.165) is 12.1 Å². The molecule has 2 unspecified atom stereocenters. The number of halogens is 1. The number of aliphatic imine (C=N–C) groups is 1. The molecule has 0 aliphatic rings. The van der Waals surface area contributed by atoms with Gasteiger partial charge in [-0.1, -0.05) is 42.5 Å². The van der Waals surface area contributed by atoms with Crippen LogP contribution in [0.5, 0.6) is 11.5 Å². The lowest BCUT2D eigenvalue weighted by Gasteiger charge is -2.19. The zero-order valence-electron chi connectivity index (χ0n) is 17.3. The Hall–Kier alpha value is -2.00. The first kappa shape index (κ1) is 25.0. The Labute approximate surface area is 190 Å². The molecule has 6 nitrogen and oxygen atoms in total. The number of nitrogens with zero attached hydrogens (tertiary/aromatic N) is 1. The molecule has 0 aliphatic heterocycles. The Morgan fingerprint density at radius 3 is 2.34 bits per heavy atom. The fourth-order valence-corrected chi connectivity index (χ4v) is 2.70. The van der Waals surface area contributed by atoms with Crippen LogP contribution in [0.3, 0.4) is 0 Å². The van der Waals surface area contributed by atoms with E-state index in [9.17, 15) is 5.11 Å². The maximum atomic E-state index is 10.2. The summed E-state index contributed by atoms with van der Waals surface area (Å²) in [7, 11) is 1.63. The van der Waals surface area contributed by atoms with Crippen molar-refractivity contribution in [1.29, 1.82) is 0 Å². The second kappa shape index (κ2) is 14.1. The Bertz CT molecular complexity index is 728. The van der Waals surface area contributed by atoms with E-state index in [2.05, 4.69) is 15.6 Å². The summed E-state index contributed by atoms with van der Waals surface area (Å²) in [6.07, 6.45) is -0.0358. The van der Waals surface area contributed by atoms with Crippen molar-refractivity contribution in [3.63, 3.8) is 0 Å². The number of guanidine groups is 1. The highest BCUT2D eigenvalue weighted by Crippen LogP contribution is 2.26. The summed E-state index contributed by atoms with van der Waals surface area (Å²) >= 11 is 0. The number of hydrogen-bond acceptors (Lipinski definition) is 4. The minimum atomic E-state index is -0.528. The smallest absolute Gasteiger partial charge is 0.191 e. The zero-order chi connectivity index (χ0) is 20.2. The molecule has 160 valence electrons. The van der Waals surface area contributed by atoms with E-state index in [1.807, 2.05) is 68.4 Å².